The number of carbonyl (C=O) groups excluding carboxylic acids is 2. The number of hydrogen-bond acceptors (Lipinski definition) is 8. The Kier molecular flexibility index (Phi) is 6.48. The molecule has 3 aliphatic heterocycles. The van der Waals surface area contributed by atoms with Crippen molar-refractivity contribution in [3.63, 3.8) is 0 Å². The number of alkyl carbamates (subject to hydrolysis) is 1. The molecule has 3 rings (SSSR count). The van der Waals surface area contributed by atoms with Gasteiger partial charge in [0.2, 0.25) is 0 Å². The highest BCUT2D eigenvalue weighted by Gasteiger charge is 2.55. The van der Waals surface area contributed by atoms with Crippen LogP contribution in [-0.2, 0) is 23.7 Å². The van der Waals surface area contributed by atoms with Crippen LogP contribution in [0.15, 0.2) is 0 Å². The van der Waals surface area contributed by atoms with Crippen LogP contribution in [0.2, 0.25) is 0 Å². The fraction of sp³-hybridized carbons (Fsp3) is 0.895. The number of likely N-dealkylation sites (tertiary alicyclic amines) is 1. The fourth-order valence-corrected chi connectivity index (χ4v) is 4.02. The van der Waals surface area contributed by atoms with Gasteiger partial charge in [0.25, 0.3) is 0 Å². The summed E-state index contributed by atoms with van der Waals surface area (Å²) in [5.41, 5.74) is -0.489. The Balaban J connectivity index is 1.77. The maximum absolute atomic E-state index is 12.8. The molecule has 2 N–H and O–H groups in total. The number of nitrogens with one attached hydrogen (secondary N) is 2. The molecular weight excluding hydrogens is 366 g/mol. The molecule has 3 heterocycles. The molecule has 3 atom stereocenters. The molecule has 0 radical (unpaired) electrons. The summed E-state index contributed by atoms with van der Waals surface area (Å²) < 4.78 is 22.0. The molecule has 0 aromatic heterocycles. The van der Waals surface area contributed by atoms with Gasteiger partial charge in [-0.05, 0) is 27.7 Å². The van der Waals surface area contributed by atoms with Gasteiger partial charge in [-0.15, -0.1) is 0 Å². The van der Waals surface area contributed by atoms with E-state index in [0.29, 0.717) is 13.2 Å². The number of rotatable bonds is 6. The van der Waals surface area contributed by atoms with Gasteiger partial charge >= 0.3 is 12.1 Å². The lowest BCUT2D eigenvalue weighted by Gasteiger charge is -2.59. The summed E-state index contributed by atoms with van der Waals surface area (Å²) >= 11 is 0. The number of ether oxygens (including phenoxy) is 4. The van der Waals surface area contributed by atoms with Crippen LogP contribution in [-0.4, -0.2) is 93.4 Å². The van der Waals surface area contributed by atoms with E-state index in [0.717, 1.165) is 32.8 Å². The Labute approximate surface area is 166 Å². The summed E-state index contributed by atoms with van der Waals surface area (Å²) in [6, 6.07) is -1.22. The zero-order chi connectivity index (χ0) is 20.4. The van der Waals surface area contributed by atoms with Crippen LogP contribution >= 0.6 is 0 Å². The van der Waals surface area contributed by atoms with E-state index in [4.69, 9.17) is 18.9 Å². The Morgan fingerprint density at radius 2 is 2.04 bits per heavy atom. The highest BCUT2D eigenvalue weighted by Crippen LogP contribution is 2.40. The third-order valence-electron chi connectivity index (χ3n) is 5.21. The van der Waals surface area contributed by atoms with Gasteiger partial charge in [-0.3, -0.25) is 4.90 Å². The fourth-order valence-electron chi connectivity index (χ4n) is 4.02. The molecule has 28 heavy (non-hydrogen) atoms. The van der Waals surface area contributed by atoms with Crippen molar-refractivity contribution in [2.45, 2.75) is 51.5 Å². The zero-order valence-corrected chi connectivity index (χ0v) is 17.3. The summed E-state index contributed by atoms with van der Waals surface area (Å²) in [6.45, 7) is 12.4. The smallest absolute Gasteiger partial charge is 0.408 e. The van der Waals surface area contributed by atoms with E-state index in [1.54, 1.807) is 27.7 Å². The van der Waals surface area contributed by atoms with Gasteiger partial charge in [0, 0.05) is 31.6 Å². The standard InChI is InChI=1S/C19H33N3O6/c1-5-26-16(23)14(21-17(24)28-18(2,3)4)15(13-8-20-6-7-27-13)22-9-19(10-22)11-25-12-19/h13-15,20H,5-12H2,1-4H3,(H,21,24)/t13-,14+,15-/m1/s1. The van der Waals surface area contributed by atoms with E-state index in [-0.39, 0.29) is 24.2 Å². The van der Waals surface area contributed by atoms with E-state index < -0.39 is 23.7 Å². The van der Waals surface area contributed by atoms with Crippen LogP contribution in [0, 0.1) is 5.41 Å². The van der Waals surface area contributed by atoms with Crippen molar-refractivity contribution < 1.29 is 28.5 Å². The normalized spacial score (nSPS) is 26.5. The van der Waals surface area contributed by atoms with Gasteiger partial charge in [-0.1, -0.05) is 0 Å². The third kappa shape index (κ3) is 4.94. The predicted octanol–water partition coefficient (Wildman–Crippen LogP) is 0.132. The minimum Gasteiger partial charge on any atom is -0.464 e. The van der Waals surface area contributed by atoms with Crippen molar-refractivity contribution in [1.82, 2.24) is 15.5 Å². The first kappa shape index (κ1) is 21.3. The lowest BCUT2D eigenvalue weighted by molar-refractivity contribution is -0.213. The first-order valence-corrected chi connectivity index (χ1v) is 10.0. The third-order valence-corrected chi connectivity index (χ3v) is 5.21. The predicted molar refractivity (Wildman–Crippen MR) is 101 cm³/mol. The van der Waals surface area contributed by atoms with Crippen LogP contribution in [0.1, 0.15) is 27.7 Å². The highest BCUT2D eigenvalue weighted by molar-refractivity contribution is 5.82. The average molecular weight is 399 g/mol. The van der Waals surface area contributed by atoms with Gasteiger partial charge in [0.05, 0.1) is 38.6 Å². The molecule has 160 valence electrons. The number of esters is 1. The maximum atomic E-state index is 12.8. The first-order valence-electron chi connectivity index (χ1n) is 10.0. The minimum atomic E-state index is -0.877. The number of nitrogens with zero attached hydrogens (tertiary/aromatic N) is 1. The number of morpholine rings is 1. The molecule has 3 aliphatic rings. The average Bonchev–Trinajstić information content (AvgIpc) is 2.53. The molecular formula is C19H33N3O6. The van der Waals surface area contributed by atoms with Crippen molar-refractivity contribution in [2.75, 3.05) is 52.6 Å². The molecule has 3 fully saturated rings. The lowest BCUT2D eigenvalue weighted by Crippen LogP contribution is -2.74. The van der Waals surface area contributed by atoms with Gasteiger partial charge in [-0.25, -0.2) is 9.59 Å². The van der Waals surface area contributed by atoms with Crippen molar-refractivity contribution >= 4 is 12.1 Å². The Hall–Kier alpha value is -1.42. The summed E-state index contributed by atoms with van der Waals surface area (Å²) in [6.07, 6.45) is -0.877. The van der Waals surface area contributed by atoms with E-state index in [1.807, 2.05) is 0 Å². The second kappa shape index (κ2) is 8.52. The number of amides is 1. The Morgan fingerprint density at radius 3 is 2.54 bits per heavy atom. The number of hydrogen-bond donors (Lipinski definition) is 2. The van der Waals surface area contributed by atoms with Gasteiger partial charge in [0.1, 0.15) is 11.6 Å². The quantitative estimate of drug-likeness (QED) is 0.609. The molecule has 0 aromatic carbocycles. The van der Waals surface area contributed by atoms with E-state index in [9.17, 15) is 9.59 Å². The largest absolute Gasteiger partial charge is 0.464 e. The summed E-state index contributed by atoms with van der Waals surface area (Å²) in [7, 11) is 0. The van der Waals surface area contributed by atoms with E-state index in [2.05, 4.69) is 15.5 Å². The van der Waals surface area contributed by atoms with Crippen molar-refractivity contribution in [3.8, 4) is 0 Å². The Morgan fingerprint density at radius 1 is 1.32 bits per heavy atom. The monoisotopic (exact) mass is 399 g/mol. The van der Waals surface area contributed by atoms with Crippen LogP contribution in [0.5, 0.6) is 0 Å². The molecule has 0 saturated carbocycles. The van der Waals surface area contributed by atoms with E-state index >= 15 is 0 Å². The van der Waals surface area contributed by atoms with Crippen LogP contribution in [0.25, 0.3) is 0 Å². The maximum Gasteiger partial charge on any atom is 0.408 e. The van der Waals surface area contributed by atoms with Crippen molar-refractivity contribution in [1.29, 1.82) is 0 Å². The summed E-state index contributed by atoms with van der Waals surface area (Å²) in [5.74, 6) is -0.474. The van der Waals surface area contributed by atoms with Gasteiger partial charge < -0.3 is 29.6 Å². The molecule has 9 heteroatoms. The SMILES string of the molecule is CCOC(=O)[C@@H](NC(=O)OC(C)(C)C)[C@@H]([C@H]1CNCCO1)N1CC2(COC2)C1. The summed E-state index contributed by atoms with van der Waals surface area (Å²) in [4.78, 5) is 27.4. The second-order valence-corrected chi connectivity index (χ2v) is 8.88. The molecule has 1 amide bonds. The van der Waals surface area contributed by atoms with Crippen molar-refractivity contribution in [2.24, 2.45) is 5.41 Å². The zero-order valence-electron chi connectivity index (χ0n) is 17.3. The second-order valence-electron chi connectivity index (χ2n) is 8.88. The highest BCUT2D eigenvalue weighted by atomic mass is 16.6. The molecule has 0 aromatic rings. The lowest BCUT2D eigenvalue weighted by atomic mass is 9.76. The van der Waals surface area contributed by atoms with Crippen LogP contribution < -0.4 is 10.6 Å². The molecule has 0 bridgehead atoms. The van der Waals surface area contributed by atoms with Crippen molar-refractivity contribution in [3.05, 3.63) is 0 Å². The van der Waals surface area contributed by atoms with Crippen LogP contribution in [0.4, 0.5) is 4.79 Å². The van der Waals surface area contributed by atoms with Crippen LogP contribution in [0.3, 0.4) is 0 Å². The minimum absolute atomic E-state index is 0.172. The molecule has 0 aliphatic carbocycles. The number of carbonyl (C=O) groups is 2. The van der Waals surface area contributed by atoms with Gasteiger partial charge in [0.15, 0.2) is 0 Å². The topological polar surface area (TPSA) is 98.4 Å². The molecule has 1 spiro atoms. The summed E-state index contributed by atoms with van der Waals surface area (Å²) in [5, 5.41) is 6.06. The Bertz CT molecular complexity index is 561. The first-order chi connectivity index (χ1) is 13.2. The molecule has 9 nitrogen and oxygen atoms in total. The van der Waals surface area contributed by atoms with E-state index in [1.165, 1.54) is 0 Å². The molecule has 0 unspecified atom stereocenters. The molecule has 3 saturated heterocycles. The van der Waals surface area contributed by atoms with Gasteiger partial charge in [-0.2, -0.15) is 0 Å².